The highest BCUT2D eigenvalue weighted by Gasteiger charge is 2.56. The van der Waals surface area contributed by atoms with Crippen molar-refractivity contribution in [1.82, 2.24) is 0 Å². The molecule has 0 saturated heterocycles. The Morgan fingerprint density at radius 1 is 0.824 bits per heavy atom. The number of nitrogens with two attached hydrogens (primary N) is 2. The molecule has 0 amide bonds. The summed E-state index contributed by atoms with van der Waals surface area (Å²) in [5.41, 5.74) is 13.0. The van der Waals surface area contributed by atoms with Crippen molar-refractivity contribution in [3.05, 3.63) is 0 Å². The normalized spacial score (nSPS) is 46.9. The fraction of sp³-hybridized carbons (Fsp3) is 1.00. The van der Waals surface area contributed by atoms with E-state index in [4.69, 9.17) is 11.5 Å². The molecule has 0 atom stereocenters. The van der Waals surface area contributed by atoms with Crippen LogP contribution in [0.4, 0.5) is 0 Å². The summed E-state index contributed by atoms with van der Waals surface area (Å²) in [6.45, 7) is 1.77. The first kappa shape index (κ1) is 13.6. The molecule has 3 heteroatoms. The van der Waals surface area contributed by atoms with E-state index in [0.29, 0.717) is 10.8 Å². The first-order chi connectivity index (χ1) is 7.69. The Kier molecular flexibility index (Phi) is 3.78. The minimum atomic E-state index is 0. The minimum Gasteiger partial charge on any atom is -0.330 e. The molecule has 0 aromatic heterocycles. The summed E-state index contributed by atoms with van der Waals surface area (Å²) in [7, 11) is 0. The highest BCUT2D eigenvalue weighted by molar-refractivity contribution is 5.85. The second kappa shape index (κ2) is 4.71. The number of hydrogen-bond donors (Lipinski definition) is 2. The lowest BCUT2D eigenvalue weighted by Crippen LogP contribution is -2.52. The molecule has 0 aromatic carbocycles. The van der Waals surface area contributed by atoms with Gasteiger partial charge in [-0.3, -0.25) is 0 Å². The highest BCUT2D eigenvalue weighted by atomic mass is 35.5. The molecule has 4 saturated carbocycles. The van der Waals surface area contributed by atoms with Crippen molar-refractivity contribution < 1.29 is 0 Å². The molecule has 0 aromatic rings. The summed E-state index contributed by atoms with van der Waals surface area (Å²) < 4.78 is 0. The Balaban J connectivity index is 0.00000108. The fourth-order valence-corrected chi connectivity index (χ4v) is 5.85. The zero-order chi connectivity index (χ0) is 11.2. The minimum absolute atomic E-state index is 0. The lowest BCUT2D eigenvalue weighted by atomic mass is 9.43. The van der Waals surface area contributed by atoms with Crippen LogP contribution in [0.3, 0.4) is 0 Å². The van der Waals surface area contributed by atoms with E-state index < -0.39 is 0 Å². The van der Waals surface area contributed by atoms with Crippen LogP contribution in [0.2, 0.25) is 0 Å². The number of hydrogen-bond acceptors (Lipinski definition) is 2. The van der Waals surface area contributed by atoms with Gasteiger partial charge in [-0.25, -0.2) is 0 Å². The van der Waals surface area contributed by atoms with Gasteiger partial charge >= 0.3 is 0 Å². The van der Waals surface area contributed by atoms with Gasteiger partial charge in [-0.15, -0.1) is 12.4 Å². The maximum absolute atomic E-state index is 5.84. The van der Waals surface area contributed by atoms with E-state index >= 15 is 0 Å². The van der Waals surface area contributed by atoms with Crippen molar-refractivity contribution in [2.45, 2.75) is 51.4 Å². The highest BCUT2D eigenvalue weighted by Crippen LogP contribution is 2.67. The Labute approximate surface area is 111 Å². The second-order valence-corrected chi connectivity index (χ2v) is 7.04. The molecule has 4 rings (SSSR count). The molecule has 0 spiro atoms. The quantitative estimate of drug-likeness (QED) is 0.815. The predicted molar refractivity (Wildman–Crippen MR) is 74.1 cm³/mol. The van der Waals surface area contributed by atoms with Crippen LogP contribution in [0.5, 0.6) is 0 Å². The lowest BCUT2D eigenvalue weighted by Gasteiger charge is -2.62. The van der Waals surface area contributed by atoms with Crippen LogP contribution in [0.25, 0.3) is 0 Å². The molecular weight excluding hydrogens is 232 g/mol. The molecule has 100 valence electrons. The summed E-state index contributed by atoms with van der Waals surface area (Å²) in [6, 6.07) is 0. The summed E-state index contributed by atoms with van der Waals surface area (Å²) in [6.07, 6.45) is 11.4. The molecule has 4 fully saturated rings. The number of rotatable bonds is 4. The van der Waals surface area contributed by atoms with E-state index in [1.165, 1.54) is 51.4 Å². The molecule has 0 heterocycles. The van der Waals surface area contributed by atoms with E-state index in [9.17, 15) is 0 Å². The van der Waals surface area contributed by atoms with Crippen LogP contribution in [0.1, 0.15) is 51.4 Å². The molecule has 2 nitrogen and oxygen atoms in total. The standard InChI is InChI=1S/C14H26N2.ClH/c15-3-1-13-6-11-5-12(7-13)9-14(8-11,10-13)2-4-16;/h11-12H,1-10,15-16H2;1H. The van der Waals surface area contributed by atoms with E-state index in [1.807, 2.05) is 0 Å². The van der Waals surface area contributed by atoms with E-state index in [0.717, 1.165) is 24.9 Å². The van der Waals surface area contributed by atoms with Crippen molar-refractivity contribution in [3.8, 4) is 0 Å². The van der Waals surface area contributed by atoms with E-state index in [-0.39, 0.29) is 12.4 Å². The topological polar surface area (TPSA) is 52.0 Å². The van der Waals surface area contributed by atoms with Gasteiger partial charge in [0.15, 0.2) is 0 Å². The van der Waals surface area contributed by atoms with Crippen LogP contribution in [-0.2, 0) is 0 Å². The Morgan fingerprint density at radius 3 is 1.59 bits per heavy atom. The summed E-state index contributed by atoms with van der Waals surface area (Å²) in [5, 5.41) is 0. The SMILES string of the molecule is Cl.NCCC12CC3CC(C1)CC(CCN)(C3)C2. The Hall–Kier alpha value is 0.210. The van der Waals surface area contributed by atoms with Gasteiger partial charge in [0.1, 0.15) is 0 Å². The monoisotopic (exact) mass is 258 g/mol. The molecule has 0 unspecified atom stereocenters. The summed E-state index contributed by atoms with van der Waals surface area (Å²) in [5.74, 6) is 2.03. The third kappa shape index (κ3) is 2.24. The molecule has 0 radical (unpaired) electrons. The lowest BCUT2D eigenvalue weighted by molar-refractivity contribution is -0.115. The van der Waals surface area contributed by atoms with Crippen LogP contribution >= 0.6 is 12.4 Å². The molecule has 4 N–H and O–H groups in total. The zero-order valence-electron chi connectivity index (χ0n) is 10.8. The van der Waals surface area contributed by atoms with Gasteiger partial charge in [0, 0.05) is 0 Å². The summed E-state index contributed by atoms with van der Waals surface area (Å²) in [4.78, 5) is 0. The maximum Gasteiger partial charge on any atom is -0.00720 e. The van der Waals surface area contributed by atoms with Crippen molar-refractivity contribution in [2.75, 3.05) is 13.1 Å². The van der Waals surface area contributed by atoms with Gasteiger partial charge < -0.3 is 11.5 Å². The first-order valence-corrected chi connectivity index (χ1v) is 7.09. The Bertz CT molecular complexity index is 241. The first-order valence-electron chi connectivity index (χ1n) is 7.09. The Morgan fingerprint density at radius 2 is 1.24 bits per heavy atom. The largest absolute Gasteiger partial charge is 0.330 e. The van der Waals surface area contributed by atoms with Crippen LogP contribution in [-0.4, -0.2) is 13.1 Å². The van der Waals surface area contributed by atoms with Gasteiger partial charge in [-0.2, -0.15) is 0 Å². The van der Waals surface area contributed by atoms with Crippen LogP contribution in [0, 0.1) is 22.7 Å². The van der Waals surface area contributed by atoms with Crippen molar-refractivity contribution in [2.24, 2.45) is 34.1 Å². The zero-order valence-corrected chi connectivity index (χ0v) is 11.6. The van der Waals surface area contributed by atoms with Gasteiger partial charge in [-0.1, -0.05) is 0 Å². The average Bonchev–Trinajstić information content (AvgIpc) is 2.14. The van der Waals surface area contributed by atoms with Crippen LogP contribution in [0.15, 0.2) is 0 Å². The maximum atomic E-state index is 5.84. The fourth-order valence-electron chi connectivity index (χ4n) is 5.85. The molecule has 0 aliphatic heterocycles. The number of halogens is 1. The molecular formula is C14H27ClN2. The van der Waals surface area contributed by atoms with E-state index in [2.05, 4.69) is 0 Å². The van der Waals surface area contributed by atoms with Crippen LogP contribution < -0.4 is 11.5 Å². The third-order valence-corrected chi connectivity index (χ3v) is 5.65. The average molecular weight is 259 g/mol. The van der Waals surface area contributed by atoms with Gasteiger partial charge in [-0.05, 0) is 87.1 Å². The molecule has 17 heavy (non-hydrogen) atoms. The van der Waals surface area contributed by atoms with Gasteiger partial charge in [0.2, 0.25) is 0 Å². The smallest absolute Gasteiger partial charge is 0.00720 e. The van der Waals surface area contributed by atoms with Gasteiger partial charge in [0.05, 0.1) is 0 Å². The molecule has 4 bridgehead atoms. The second-order valence-electron chi connectivity index (χ2n) is 7.04. The molecule has 4 aliphatic carbocycles. The van der Waals surface area contributed by atoms with Crippen molar-refractivity contribution in [3.63, 3.8) is 0 Å². The third-order valence-electron chi connectivity index (χ3n) is 5.65. The summed E-state index contributed by atoms with van der Waals surface area (Å²) >= 11 is 0. The van der Waals surface area contributed by atoms with Gasteiger partial charge in [0.25, 0.3) is 0 Å². The van der Waals surface area contributed by atoms with E-state index in [1.54, 1.807) is 0 Å². The van der Waals surface area contributed by atoms with Crippen molar-refractivity contribution >= 4 is 12.4 Å². The molecule has 4 aliphatic rings. The predicted octanol–water partition coefficient (Wildman–Crippen LogP) is 2.69. The van der Waals surface area contributed by atoms with Crippen molar-refractivity contribution in [1.29, 1.82) is 0 Å².